The number of aliphatic hydroxyl groups excluding tert-OH is 1. The van der Waals surface area contributed by atoms with Crippen molar-refractivity contribution in [3.8, 4) is 0 Å². The molecule has 0 aliphatic heterocycles. The smallest absolute Gasteiger partial charge is 0.115 e. The fraction of sp³-hybridized carbons (Fsp3) is 0.333. The van der Waals surface area contributed by atoms with Gasteiger partial charge in [-0.3, -0.25) is 0 Å². The van der Waals surface area contributed by atoms with Crippen molar-refractivity contribution in [2.45, 2.75) is 6.92 Å². The Labute approximate surface area is 49.3 Å². The lowest BCUT2D eigenvalue weighted by atomic mass is 10.2. The van der Waals surface area contributed by atoms with Crippen LogP contribution in [0.15, 0.2) is 24.0 Å². The maximum absolute atomic E-state index is 8.81. The van der Waals surface area contributed by atoms with E-state index in [-0.39, 0.29) is 5.76 Å². The van der Waals surface area contributed by atoms with Crippen LogP contribution in [0.4, 0.5) is 0 Å². The molecule has 3 N–H and O–H groups in total. The van der Waals surface area contributed by atoms with E-state index in [1.807, 2.05) is 0 Å². The Morgan fingerprint density at radius 2 is 2.38 bits per heavy atom. The van der Waals surface area contributed by atoms with Gasteiger partial charge in [0.2, 0.25) is 0 Å². The molecule has 0 heterocycles. The lowest BCUT2D eigenvalue weighted by molar-refractivity contribution is 0.425. The van der Waals surface area contributed by atoms with Crippen LogP contribution in [0.3, 0.4) is 0 Å². The Morgan fingerprint density at radius 3 is 2.50 bits per heavy atom. The number of nitrogens with two attached hydrogens (primary N) is 1. The summed E-state index contributed by atoms with van der Waals surface area (Å²) in [6.07, 6.45) is 1.38. The zero-order chi connectivity index (χ0) is 6.57. The third kappa shape index (κ3) is 1.80. The summed E-state index contributed by atoms with van der Waals surface area (Å²) in [4.78, 5) is 0. The third-order valence-corrected chi connectivity index (χ3v) is 0.937. The van der Waals surface area contributed by atoms with E-state index >= 15 is 0 Å². The highest BCUT2D eigenvalue weighted by molar-refractivity contribution is 5.15. The fourth-order valence-corrected chi connectivity index (χ4v) is 0.279. The summed E-state index contributed by atoms with van der Waals surface area (Å²) in [5, 5.41) is 8.81. The summed E-state index contributed by atoms with van der Waals surface area (Å²) >= 11 is 0. The van der Waals surface area contributed by atoms with Crippen molar-refractivity contribution in [1.29, 1.82) is 0 Å². The van der Waals surface area contributed by atoms with Gasteiger partial charge >= 0.3 is 0 Å². The second kappa shape index (κ2) is 3.27. The second-order valence-electron chi connectivity index (χ2n) is 1.57. The van der Waals surface area contributed by atoms with Gasteiger partial charge in [-0.1, -0.05) is 6.58 Å². The van der Waals surface area contributed by atoms with Crippen molar-refractivity contribution in [3.63, 3.8) is 0 Å². The van der Waals surface area contributed by atoms with E-state index in [1.54, 1.807) is 6.92 Å². The molecule has 0 aliphatic rings. The van der Waals surface area contributed by atoms with E-state index in [0.29, 0.717) is 6.54 Å². The standard InChI is InChI=1S/C6H11NO/c1-3-6(8)5(2)4-7/h3,8H,1,4,7H2,2H3/b6-5+. The lowest BCUT2D eigenvalue weighted by Crippen LogP contribution is -2.01. The normalized spacial score (nSPS) is 12.8. The molecule has 0 unspecified atom stereocenters. The molecule has 0 saturated heterocycles. The van der Waals surface area contributed by atoms with E-state index in [9.17, 15) is 0 Å². The van der Waals surface area contributed by atoms with Crippen molar-refractivity contribution in [2.24, 2.45) is 5.73 Å². The maximum atomic E-state index is 8.81. The predicted octanol–water partition coefficient (Wildman–Crippen LogP) is 0.963. The number of hydrogen-bond acceptors (Lipinski definition) is 2. The van der Waals surface area contributed by atoms with Gasteiger partial charge in [0.05, 0.1) is 0 Å². The summed E-state index contributed by atoms with van der Waals surface area (Å²) in [6, 6.07) is 0. The molecule has 0 amide bonds. The van der Waals surface area contributed by atoms with Gasteiger partial charge < -0.3 is 10.8 Å². The third-order valence-electron chi connectivity index (χ3n) is 0.937. The number of hydrogen-bond donors (Lipinski definition) is 2. The molecule has 0 saturated carbocycles. The van der Waals surface area contributed by atoms with E-state index in [1.165, 1.54) is 6.08 Å². The predicted molar refractivity (Wildman–Crippen MR) is 34.6 cm³/mol. The van der Waals surface area contributed by atoms with Crippen LogP contribution in [-0.4, -0.2) is 11.7 Å². The molecule has 2 heteroatoms. The molecule has 0 aromatic rings. The number of rotatable bonds is 2. The van der Waals surface area contributed by atoms with Crippen LogP contribution >= 0.6 is 0 Å². The summed E-state index contributed by atoms with van der Waals surface area (Å²) in [5.41, 5.74) is 5.95. The highest BCUT2D eigenvalue weighted by Crippen LogP contribution is 1.96. The van der Waals surface area contributed by atoms with Crippen LogP contribution in [0.2, 0.25) is 0 Å². The Bertz CT molecular complexity index is 116. The van der Waals surface area contributed by atoms with E-state index in [4.69, 9.17) is 10.8 Å². The van der Waals surface area contributed by atoms with Gasteiger partial charge in [0.15, 0.2) is 0 Å². The number of allylic oxidation sites excluding steroid dienone is 1. The van der Waals surface area contributed by atoms with E-state index in [0.717, 1.165) is 5.57 Å². The van der Waals surface area contributed by atoms with Gasteiger partial charge in [0.1, 0.15) is 5.76 Å². The highest BCUT2D eigenvalue weighted by atomic mass is 16.3. The van der Waals surface area contributed by atoms with Crippen molar-refractivity contribution in [2.75, 3.05) is 6.54 Å². The molecule has 8 heavy (non-hydrogen) atoms. The maximum Gasteiger partial charge on any atom is 0.115 e. The Hall–Kier alpha value is -0.760. The minimum atomic E-state index is 0.188. The Kier molecular flexibility index (Phi) is 2.96. The van der Waals surface area contributed by atoms with Crippen molar-refractivity contribution in [1.82, 2.24) is 0 Å². The molecule has 0 radical (unpaired) electrons. The molecule has 0 atom stereocenters. The lowest BCUT2D eigenvalue weighted by Gasteiger charge is -1.94. The molecule has 0 fully saturated rings. The fourth-order valence-electron chi connectivity index (χ4n) is 0.279. The van der Waals surface area contributed by atoms with Gasteiger partial charge in [-0.05, 0) is 18.6 Å². The molecular formula is C6H11NO. The zero-order valence-corrected chi connectivity index (χ0v) is 5.02. The highest BCUT2D eigenvalue weighted by Gasteiger charge is 1.89. The summed E-state index contributed by atoms with van der Waals surface area (Å²) in [5.74, 6) is 0.188. The van der Waals surface area contributed by atoms with Crippen LogP contribution in [0.25, 0.3) is 0 Å². The molecule has 0 aromatic carbocycles. The molecular weight excluding hydrogens is 102 g/mol. The summed E-state index contributed by atoms with van der Waals surface area (Å²) in [7, 11) is 0. The van der Waals surface area contributed by atoms with Gasteiger partial charge in [0.25, 0.3) is 0 Å². The van der Waals surface area contributed by atoms with Crippen molar-refractivity contribution in [3.05, 3.63) is 24.0 Å². The second-order valence-corrected chi connectivity index (χ2v) is 1.57. The Balaban J connectivity index is 4.03. The molecule has 0 rings (SSSR count). The van der Waals surface area contributed by atoms with Gasteiger partial charge in [-0.25, -0.2) is 0 Å². The van der Waals surface area contributed by atoms with Crippen LogP contribution in [0.1, 0.15) is 6.92 Å². The largest absolute Gasteiger partial charge is 0.508 e. The van der Waals surface area contributed by atoms with Gasteiger partial charge in [-0.2, -0.15) is 0 Å². The molecule has 2 nitrogen and oxygen atoms in total. The van der Waals surface area contributed by atoms with Crippen molar-refractivity contribution >= 4 is 0 Å². The van der Waals surface area contributed by atoms with Crippen molar-refractivity contribution < 1.29 is 5.11 Å². The zero-order valence-electron chi connectivity index (χ0n) is 5.02. The van der Waals surface area contributed by atoms with Gasteiger partial charge in [-0.15, -0.1) is 0 Å². The first-order valence-corrected chi connectivity index (χ1v) is 2.43. The SMILES string of the molecule is C=C/C(O)=C(/C)CN. The van der Waals surface area contributed by atoms with E-state index < -0.39 is 0 Å². The van der Waals surface area contributed by atoms with Gasteiger partial charge in [0, 0.05) is 6.54 Å². The first kappa shape index (κ1) is 7.24. The van der Waals surface area contributed by atoms with Crippen LogP contribution in [-0.2, 0) is 0 Å². The average Bonchev–Trinajstić information content (AvgIpc) is 1.84. The monoisotopic (exact) mass is 113 g/mol. The van der Waals surface area contributed by atoms with Crippen LogP contribution in [0.5, 0.6) is 0 Å². The topological polar surface area (TPSA) is 46.2 Å². The first-order chi connectivity index (χ1) is 3.72. The van der Waals surface area contributed by atoms with Crippen LogP contribution < -0.4 is 5.73 Å². The quantitative estimate of drug-likeness (QED) is 0.414. The minimum absolute atomic E-state index is 0.188. The molecule has 0 bridgehead atoms. The molecule has 0 spiro atoms. The Morgan fingerprint density at radius 1 is 1.88 bits per heavy atom. The first-order valence-electron chi connectivity index (χ1n) is 2.43. The summed E-state index contributed by atoms with van der Waals surface area (Å²) < 4.78 is 0. The average molecular weight is 113 g/mol. The number of aliphatic hydroxyl groups is 1. The van der Waals surface area contributed by atoms with E-state index in [2.05, 4.69) is 6.58 Å². The molecule has 46 valence electrons. The minimum Gasteiger partial charge on any atom is -0.508 e. The summed E-state index contributed by atoms with van der Waals surface area (Å²) in [6.45, 7) is 5.51. The molecule has 0 aliphatic carbocycles. The molecule has 0 aromatic heterocycles. The van der Waals surface area contributed by atoms with Crippen LogP contribution in [0, 0.1) is 0 Å².